The van der Waals surface area contributed by atoms with Crippen LogP contribution in [0.2, 0.25) is 0 Å². The summed E-state index contributed by atoms with van der Waals surface area (Å²) in [6.07, 6.45) is 1.88. The summed E-state index contributed by atoms with van der Waals surface area (Å²) < 4.78 is 4.82. The van der Waals surface area contributed by atoms with Crippen LogP contribution in [0.4, 0.5) is 0 Å². The fraction of sp³-hybridized carbons (Fsp3) is 0.182. The standard InChI is InChI=1S/C11H11O2/c1-2-11(12)13-9-8-10-6-4-3-5-7-10/h2-4,6-7H,1,8-9H2. The van der Waals surface area contributed by atoms with E-state index in [0.717, 1.165) is 18.1 Å². The van der Waals surface area contributed by atoms with Gasteiger partial charge in [0.15, 0.2) is 0 Å². The van der Waals surface area contributed by atoms with E-state index in [1.165, 1.54) is 0 Å². The highest BCUT2D eigenvalue weighted by Crippen LogP contribution is 1.98. The van der Waals surface area contributed by atoms with E-state index in [1.54, 1.807) is 0 Å². The van der Waals surface area contributed by atoms with Crippen molar-refractivity contribution in [3.63, 3.8) is 0 Å². The first-order valence-electron chi connectivity index (χ1n) is 4.07. The predicted molar refractivity (Wildman–Crippen MR) is 50.1 cm³/mol. The largest absolute Gasteiger partial charge is 0.462 e. The summed E-state index contributed by atoms with van der Waals surface area (Å²) >= 11 is 0. The molecule has 0 N–H and O–H groups in total. The van der Waals surface area contributed by atoms with Gasteiger partial charge in [0.1, 0.15) is 0 Å². The van der Waals surface area contributed by atoms with Gasteiger partial charge < -0.3 is 4.74 Å². The first-order valence-corrected chi connectivity index (χ1v) is 4.07. The molecule has 0 bridgehead atoms. The van der Waals surface area contributed by atoms with Crippen LogP contribution in [0.15, 0.2) is 36.9 Å². The molecule has 0 fully saturated rings. The molecule has 0 saturated carbocycles. The molecular weight excluding hydrogens is 164 g/mol. The average Bonchev–Trinajstić information content (AvgIpc) is 2.19. The zero-order valence-corrected chi connectivity index (χ0v) is 7.32. The van der Waals surface area contributed by atoms with Crippen molar-refractivity contribution in [2.24, 2.45) is 0 Å². The first kappa shape index (κ1) is 9.52. The van der Waals surface area contributed by atoms with Gasteiger partial charge in [0.05, 0.1) is 6.61 Å². The van der Waals surface area contributed by atoms with Crippen molar-refractivity contribution in [3.8, 4) is 0 Å². The van der Waals surface area contributed by atoms with Gasteiger partial charge in [-0.2, -0.15) is 0 Å². The minimum absolute atomic E-state index is 0.375. The maximum absolute atomic E-state index is 10.7. The zero-order valence-electron chi connectivity index (χ0n) is 7.32. The van der Waals surface area contributed by atoms with Gasteiger partial charge in [-0.1, -0.05) is 30.8 Å². The predicted octanol–water partition coefficient (Wildman–Crippen LogP) is 1.76. The Morgan fingerprint density at radius 1 is 1.69 bits per heavy atom. The Bertz CT molecular complexity index is 277. The van der Waals surface area contributed by atoms with E-state index in [1.807, 2.05) is 24.3 Å². The second-order valence-electron chi connectivity index (χ2n) is 2.53. The lowest BCUT2D eigenvalue weighted by Gasteiger charge is -2.01. The maximum atomic E-state index is 10.7. The summed E-state index contributed by atoms with van der Waals surface area (Å²) in [5.41, 5.74) is 1.11. The van der Waals surface area contributed by atoms with Gasteiger partial charge in [-0.05, 0) is 11.6 Å². The summed E-state index contributed by atoms with van der Waals surface area (Å²) in [5.74, 6) is -0.375. The van der Waals surface area contributed by atoms with Gasteiger partial charge in [-0.25, -0.2) is 4.79 Å². The molecule has 1 radical (unpaired) electrons. The molecule has 0 aliphatic heterocycles. The van der Waals surface area contributed by atoms with Crippen LogP contribution < -0.4 is 0 Å². The van der Waals surface area contributed by atoms with E-state index >= 15 is 0 Å². The molecule has 0 heterocycles. The Hall–Kier alpha value is -1.57. The Kier molecular flexibility index (Phi) is 3.76. The smallest absolute Gasteiger partial charge is 0.330 e. The molecule has 0 saturated heterocycles. The second kappa shape index (κ2) is 5.14. The molecule has 0 aliphatic rings. The quantitative estimate of drug-likeness (QED) is 0.515. The van der Waals surface area contributed by atoms with E-state index in [4.69, 9.17) is 4.74 Å². The topological polar surface area (TPSA) is 26.3 Å². The van der Waals surface area contributed by atoms with Crippen LogP contribution in [0.1, 0.15) is 5.56 Å². The number of esters is 1. The summed E-state index contributed by atoms with van der Waals surface area (Å²) in [4.78, 5) is 10.7. The van der Waals surface area contributed by atoms with E-state index in [0.29, 0.717) is 6.61 Å². The molecule has 13 heavy (non-hydrogen) atoms. The molecular formula is C11H11O2. The lowest BCUT2D eigenvalue weighted by Crippen LogP contribution is -2.04. The van der Waals surface area contributed by atoms with Gasteiger partial charge >= 0.3 is 5.97 Å². The third-order valence-electron chi connectivity index (χ3n) is 1.57. The van der Waals surface area contributed by atoms with Crippen LogP contribution in [-0.4, -0.2) is 12.6 Å². The number of rotatable bonds is 4. The molecule has 0 atom stereocenters. The lowest BCUT2D eigenvalue weighted by molar-refractivity contribution is -0.137. The van der Waals surface area contributed by atoms with Crippen molar-refractivity contribution in [3.05, 3.63) is 48.6 Å². The second-order valence-corrected chi connectivity index (χ2v) is 2.53. The summed E-state index contributed by atoms with van der Waals surface area (Å²) in [7, 11) is 0. The van der Waals surface area contributed by atoms with E-state index < -0.39 is 0 Å². The van der Waals surface area contributed by atoms with Gasteiger partial charge in [0.25, 0.3) is 0 Å². The SMILES string of the molecule is C=CC(=O)OCCc1c[c]ccc1. The Morgan fingerprint density at radius 3 is 3.15 bits per heavy atom. The lowest BCUT2D eigenvalue weighted by atomic mass is 10.2. The molecule has 0 unspecified atom stereocenters. The van der Waals surface area contributed by atoms with Gasteiger partial charge in [0.2, 0.25) is 0 Å². The van der Waals surface area contributed by atoms with Crippen molar-refractivity contribution < 1.29 is 9.53 Å². The van der Waals surface area contributed by atoms with Gasteiger partial charge in [-0.3, -0.25) is 0 Å². The number of carbonyl (C=O) groups is 1. The molecule has 67 valence electrons. The van der Waals surface area contributed by atoms with Crippen LogP contribution >= 0.6 is 0 Å². The Morgan fingerprint density at radius 2 is 2.54 bits per heavy atom. The molecule has 1 rings (SSSR count). The molecule has 2 heteroatoms. The van der Waals surface area contributed by atoms with E-state index in [9.17, 15) is 4.79 Å². The average molecular weight is 175 g/mol. The number of hydrogen-bond donors (Lipinski definition) is 0. The van der Waals surface area contributed by atoms with Crippen molar-refractivity contribution in [2.75, 3.05) is 6.61 Å². The number of benzene rings is 1. The number of hydrogen-bond acceptors (Lipinski definition) is 2. The van der Waals surface area contributed by atoms with E-state index in [-0.39, 0.29) is 5.97 Å². The van der Waals surface area contributed by atoms with Crippen molar-refractivity contribution in [1.29, 1.82) is 0 Å². The molecule has 0 aromatic heterocycles. The zero-order chi connectivity index (χ0) is 9.52. The monoisotopic (exact) mass is 175 g/mol. The van der Waals surface area contributed by atoms with Crippen LogP contribution in [0.3, 0.4) is 0 Å². The molecule has 0 aliphatic carbocycles. The summed E-state index contributed by atoms with van der Waals surface area (Å²) in [6.45, 7) is 3.70. The molecule has 0 spiro atoms. The van der Waals surface area contributed by atoms with Crippen LogP contribution in [-0.2, 0) is 16.0 Å². The van der Waals surface area contributed by atoms with Crippen LogP contribution in [0, 0.1) is 6.07 Å². The normalized spacial score (nSPS) is 9.23. The van der Waals surface area contributed by atoms with E-state index in [2.05, 4.69) is 12.6 Å². The fourth-order valence-electron chi connectivity index (χ4n) is 0.914. The minimum Gasteiger partial charge on any atom is -0.462 e. The Balaban J connectivity index is 2.28. The minimum atomic E-state index is -0.375. The van der Waals surface area contributed by atoms with Crippen molar-refractivity contribution in [2.45, 2.75) is 6.42 Å². The number of ether oxygens (including phenoxy) is 1. The molecule has 0 amide bonds. The molecule has 1 aromatic carbocycles. The van der Waals surface area contributed by atoms with Crippen molar-refractivity contribution in [1.82, 2.24) is 0 Å². The number of carbonyl (C=O) groups excluding carboxylic acids is 1. The molecule has 1 aromatic rings. The van der Waals surface area contributed by atoms with Gasteiger partial charge in [0, 0.05) is 12.5 Å². The Labute approximate surface area is 77.8 Å². The van der Waals surface area contributed by atoms with Crippen molar-refractivity contribution >= 4 is 5.97 Å². The van der Waals surface area contributed by atoms with Crippen LogP contribution in [0.5, 0.6) is 0 Å². The first-order chi connectivity index (χ1) is 6.33. The summed E-state index contributed by atoms with van der Waals surface area (Å²) in [6, 6.07) is 10.5. The highest BCUT2D eigenvalue weighted by Gasteiger charge is 1.95. The third-order valence-corrected chi connectivity index (χ3v) is 1.57. The third kappa shape index (κ3) is 3.56. The maximum Gasteiger partial charge on any atom is 0.330 e. The highest BCUT2D eigenvalue weighted by molar-refractivity contribution is 5.81. The molecule has 2 nitrogen and oxygen atoms in total. The van der Waals surface area contributed by atoms with Crippen LogP contribution in [0.25, 0.3) is 0 Å². The fourth-order valence-corrected chi connectivity index (χ4v) is 0.914. The van der Waals surface area contributed by atoms with Gasteiger partial charge in [-0.15, -0.1) is 0 Å². The highest BCUT2D eigenvalue weighted by atomic mass is 16.5. The summed E-state index contributed by atoms with van der Waals surface area (Å²) in [5, 5.41) is 0.